The summed E-state index contributed by atoms with van der Waals surface area (Å²) in [7, 11) is 0. The molecule has 3 heteroatoms. The number of Topliss-reactive ketones (excluding diaryl/α,β-unsaturated/α-hetero) is 1. The maximum absolute atomic E-state index is 12.3. The van der Waals surface area contributed by atoms with Crippen molar-refractivity contribution >= 4 is 17.4 Å². The van der Waals surface area contributed by atoms with Gasteiger partial charge in [-0.05, 0) is 13.0 Å². The largest absolute Gasteiger partial charge is 0.298 e. The molecule has 0 amide bonds. The molecule has 0 spiro atoms. The van der Waals surface area contributed by atoms with E-state index in [1.165, 1.54) is 18.2 Å². The summed E-state index contributed by atoms with van der Waals surface area (Å²) < 4.78 is 12.3. The molecule has 0 aromatic heterocycles. The Balaban J connectivity index is 3.69. The van der Waals surface area contributed by atoms with Gasteiger partial charge >= 0.3 is 0 Å². The normalized spacial score (nSPS) is 12.5. The van der Waals surface area contributed by atoms with Gasteiger partial charge in [-0.25, -0.2) is 4.39 Å². The van der Waals surface area contributed by atoms with Crippen molar-refractivity contribution < 1.29 is 9.18 Å². The third-order valence-electron chi connectivity index (χ3n) is 1.05. The summed E-state index contributed by atoms with van der Waals surface area (Å²) in [4.78, 5) is 10.6. The van der Waals surface area contributed by atoms with Crippen molar-refractivity contribution in [2.45, 2.75) is 13.3 Å². The minimum Gasteiger partial charge on any atom is -0.298 e. The molecule has 0 heterocycles. The van der Waals surface area contributed by atoms with E-state index in [4.69, 9.17) is 11.6 Å². The van der Waals surface area contributed by atoms with E-state index in [1.807, 2.05) is 0 Å². The Morgan fingerprint density at radius 3 is 2.73 bits per heavy atom. The third kappa shape index (κ3) is 5.80. The second-order valence-electron chi connectivity index (χ2n) is 1.95. The predicted molar refractivity (Wildman–Crippen MR) is 44.3 cm³/mol. The molecule has 0 aliphatic heterocycles. The number of hydrogen-bond donors (Lipinski definition) is 0. The van der Waals surface area contributed by atoms with Gasteiger partial charge in [0.2, 0.25) is 0 Å². The van der Waals surface area contributed by atoms with E-state index in [1.54, 1.807) is 6.92 Å². The maximum Gasteiger partial charge on any atom is 0.151 e. The molecule has 0 aromatic carbocycles. The summed E-state index contributed by atoms with van der Waals surface area (Å²) in [5.41, 5.74) is 0. The molecule has 62 valence electrons. The molecule has 0 fully saturated rings. The van der Waals surface area contributed by atoms with Crippen LogP contribution in [0.3, 0.4) is 0 Å². The lowest BCUT2D eigenvalue weighted by atomic mass is 10.3. The van der Waals surface area contributed by atoms with Crippen LogP contribution < -0.4 is 0 Å². The predicted octanol–water partition coefficient (Wildman–Crippen LogP) is 2.61. The van der Waals surface area contributed by atoms with Gasteiger partial charge in [0.15, 0.2) is 5.78 Å². The van der Waals surface area contributed by atoms with Gasteiger partial charge in [-0.15, -0.1) is 11.6 Å². The average molecular weight is 177 g/mol. The van der Waals surface area contributed by atoms with E-state index < -0.39 is 0 Å². The van der Waals surface area contributed by atoms with E-state index in [-0.39, 0.29) is 23.9 Å². The van der Waals surface area contributed by atoms with Crippen molar-refractivity contribution in [3.05, 3.63) is 24.1 Å². The zero-order valence-corrected chi connectivity index (χ0v) is 7.07. The zero-order valence-electron chi connectivity index (χ0n) is 6.31. The van der Waals surface area contributed by atoms with Crippen LogP contribution in [0.25, 0.3) is 0 Å². The summed E-state index contributed by atoms with van der Waals surface area (Å²) in [6.07, 6.45) is 4.23. The summed E-state index contributed by atoms with van der Waals surface area (Å²) in [5.74, 6) is -0.457. The number of allylic oxidation sites excluding steroid dienone is 4. The van der Waals surface area contributed by atoms with Crippen molar-refractivity contribution in [3.8, 4) is 0 Å². The van der Waals surface area contributed by atoms with E-state index in [9.17, 15) is 9.18 Å². The fraction of sp³-hybridized carbons (Fsp3) is 0.375. The number of halogens is 2. The van der Waals surface area contributed by atoms with E-state index in [2.05, 4.69) is 0 Å². The first-order valence-corrected chi connectivity index (χ1v) is 3.80. The van der Waals surface area contributed by atoms with Crippen LogP contribution in [-0.4, -0.2) is 11.7 Å². The van der Waals surface area contributed by atoms with Gasteiger partial charge in [-0.3, -0.25) is 4.79 Å². The van der Waals surface area contributed by atoms with Crippen molar-refractivity contribution in [2.24, 2.45) is 0 Å². The second-order valence-corrected chi connectivity index (χ2v) is 2.22. The Labute approximate surface area is 70.5 Å². The van der Waals surface area contributed by atoms with Crippen LogP contribution in [0.1, 0.15) is 13.3 Å². The monoisotopic (exact) mass is 176 g/mol. The first-order chi connectivity index (χ1) is 5.20. The quantitative estimate of drug-likeness (QED) is 0.476. The Bertz CT molecular complexity index is 185. The highest BCUT2D eigenvalue weighted by Crippen LogP contribution is 1.99. The number of carbonyl (C=O) groups is 1. The lowest BCUT2D eigenvalue weighted by molar-refractivity contribution is -0.115. The Hall–Kier alpha value is -0.630. The molecule has 1 nitrogen and oxygen atoms in total. The Kier molecular flexibility index (Phi) is 5.75. The minimum absolute atomic E-state index is 0.0121. The first kappa shape index (κ1) is 10.4. The molecule has 0 saturated carbocycles. The molecule has 0 saturated heterocycles. The van der Waals surface area contributed by atoms with E-state index >= 15 is 0 Å². The summed E-state index contributed by atoms with van der Waals surface area (Å²) >= 11 is 5.21. The SMILES string of the molecule is CC=C(F)C=CCC(=O)CCl. The molecule has 0 aromatic rings. The highest BCUT2D eigenvalue weighted by Gasteiger charge is 1.93. The highest BCUT2D eigenvalue weighted by atomic mass is 35.5. The molecule has 0 radical (unpaired) electrons. The number of rotatable bonds is 4. The molecule has 0 aliphatic rings. The lowest BCUT2D eigenvalue weighted by Gasteiger charge is -1.86. The zero-order chi connectivity index (χ0) is 8.69. The molecule has 0 atom stereocenters. The fourth-order valence-corrected chi connectivity index (χ4v) is 0.563. The van der Waals surface area contributed by atoms with Gasteiger partial charge in [0.1, 0.15) is 5.83 Å². The molecule has 0 rings (SSSR count). The third-order valence-corrected chi connectivity index (χ3v) is 1.35. The second kappa shape index (κ2) is 6.10. The van der Waals surface area contributed by atoms with Crippen LogP contribution in [0, 0.1) is 0 Å². The van der Waals surface area contributed by atoms with Crippen molar-refractivity contribution in [1.82, 2.24) is 0 Å². The van der Waals surface area contributed by atoms with Crippen LogP contribution in [0.2, 0.25) is 0 Å². The van der Waals surface area contributed by atoms with Crippen LogP contribution >= 0.6 is 11.6 Å². The molecule has 0 bridgehead atoms. The van der Waals surface area contributed by atoms with Crippen LogP contribution in [-0.2, 0) is 4.79 Å². The van der Waals surface area contributed by atoms with Gasteiger partial charge in [0, 0.05) is 6.42 Å². The Morgan fingerprint density at radius 1 is 1.64 bits per heavy atom. The van der Waals surface area contributed by atoms with Gasteiger partial charge in [-0.1, -0.05) is 12.2 Å². The van der Waals surface area contributed by atoms with Gasteiger partial charge in [-0.2, -0.15) is 0 Å². The molecule has 11 heavy (non-hydrogen) atoms. The number of carbonyl (C=O) groups excluding carboxylic acids is 1. The lowest BCUT2D eigenvalue weighted by Crippen LogP contribution is -1.95. The van der Waals surface area contributed by atoms with Crippen molar-refractivity contribution in [3.63, 3.8) is 0 Å². The van der Waals surface area contributed by atoms with Crippen molar-refractivity contribution in [1.29, 1.82) is 0 Å². The van der Waals surface area contributed by atoms with Gasteiger partial charge in [0.05, 0.1) is 5.88 Å². The van der Waals surface area contributed by atoms with Crippen LogP contribution in [0.4, 0.5) is 4.39 Å². The highest BCUT2D eigenvalue weighted by molar-refractivity contribution is 6.27. The van der Waals surface area contributed by atoms with E-state index in [0.29, 0.717) is 0 Å². The maximum atomic E-state index is 12.3. The van der Waals surface area contributed by atoms with Gasteiger partial charge in [0.25, 0.3) is 0 Å². The van der Waals surface area contributed by atoms with Crippen LogP contribution in [0.5, 0.6) is 0 Å². The molecule has 0 N–H and O–H groups in total. The van der Waals surface area contributed by atoms with Crippen molar-refractivity contribution in [2.75, 3.05) is 5.88 Å². The smallest absolute Gasteiger partial charge is 0.151 e. The number of hydrogen-bond acceptors (Lipinski definition) is 1. The molecule has 0 aliphatic carbocycles. The average Bonchev–Trinajstić information content (AvgIpc) is 2.04. The fourth-order valence-electron chi connectivity index (χ4n) is 0.454. The van der Waals surface area contributed by atoms with Gasteiger partial charge < -0.3 is 0 Å². The molecular weight excluding hydrogens is 167 g/mol. The topological polar surface area (TPSA) is 17.1 Å². The molecule has 0 unspecified atom stereocenters. The Morgan fingerprint density at radius 2 is 2.27 bits per heavy atom. The minimum atomic E-state index is -0.340. The van der Waals surface area contributed by atoms with E-state index in [0.717, 1.165) is 0 Å². The summed E-state index contributed by atoms with van der Waals surface area (Å²) in [6.45, 7) is 1.59. The standard InChI is InChI=1S/C8H10ClFO/c1-2-7(10)4-3-5-8(11)6-9/h2-4H,5-6H2,1H3. The summed E-state index contributed by atoms with van der Waals surface area (Å²) in [5, 5.41) is 0. The molecular formula is C8H10ClFO. The number of alkyl halides is 1. The van der Waals surface area contributed by atoms with Crippen LogP contribution in [0.15, 0.2) is 24.1 Å². The summed E-state index contributed by atoms with van der Waals surface area (Å²) in [6, 6.07) is 0. The first-order valence-electron chi connectivity index (χ1n) is 3.26. The number of ketones is 1.